The minimum Gasteiger partial charge on any atom is -0.497 e. The Morgan fingerprint density at radius 3 is 2.24 bits per heavy atom. The van der Waals surface area contributed by atoms with Crippen molar-refractivity contribution < 1.29 is 23.7 Å². The quantitative estimate of drug-likeness (QED) is 0.372. The fraction of sp³-hybridized carbons (Fsp3) is 0.231. The van der Waals surface area contributed by atoms with Gasteiger partial charge in [0.15, 0.2) is 11.5 Å². The molecule has 11 heteroatoms. The molecule has 0 atom stereocenters. The lowest BCUT2D eigenvalue weighted by Gasteiger charge is -2.17. The molecule has 37 heavy (non-hydrogen) atoms. The van der Waals surface area contributed by atoms with Gasteiger partial charge >= 0.3 is 0 Å². The molecule has 0 fully saturated rings. The van der Waals surface area contributed by atoms with Crippen molar-refractivity contribution in [3.63, 3.8) is 0 Å². The number of thioether (sulfide) groups is 1. The van der Waals surface area contributed by atoms with E-state index in [-0.39, 0.29) is 29.3 Å². The monoisotopic (exact) mass is 519 g/mol. The smallest absolute Gasteiger partial charge is 0.225 e. The average molecular weight is 520 g/mol. The molecule has 1 aromatic heterocycles. The summed E-state index contributed by atoms with van der Waals surface area (Å²) in [7, 11) is 5.96. The van der Waals surface area contributed by atoms with Gasteiger partial charge in [-0.25, -0.2) is 4.98 Å². The first kappa shape index (κ1) is 27.0. The summed E-state index contributed by atoms with van der Waals surface area (Å²) in [5.74, 6) is 1.76. The van der Waals surface area contributed by atoms with Crippen molar-refractivity contribution in [1.29, 1.82) is 10.5 Å². The van der Waals surface area contributed by atoms with Gasteiger partial charge < -0.3 is 30.0 Å². The second-order valence-corrected chi connectivity index (χ2v) is 8.53. The summed E-state index contributed by atoms with van der Waals surface area (Å²) in [6.45, 7) is 0. The van der Waals surface area contributed by atoms with Gasteiger partial charge in [0, 0.05) is 29.5 Å². The summed E-state index contributed by atoms with van der Waals surface area (Å²) >= 11 is 1.19. The Morgan fingerprint density at radius 2 is 1.68 bits per heavy atom. The van der Waals surface area contributed by atoms with E-state index in [1.165, 1.54) is 33.1 Å². The maximum atomic E-state index is 12.5. The summed E-state index contributed by atoms with van der Waals surface area (Å²) in [5, 5.41) is 23.0. The minimum atomic E-state index is -0.217. The van der Waals surface area contributed by atoms with Crippen LogP contribution in [0.15, 0.2) is 41.4 Å². The molecule has 3 aromatic rings. The van der Waals surface area contributed by atoms with Gasteiger partial charge in [-0.15, -0.1) is 11.8 Å². The molecule has 0 aliphatic rings. The zero-order chi connectivity index (χ0) is 26.9. The number of nitrogens with zero attached hydrogens (tertiary/aromatic N) is 3. The van der Waals surface area contributed by atoms with Crippen LogP contribution in [0, 0.1) is 22.7 Å². The van der Waals surface area contributed by atoms with Crippen LogP contribution in [-0.2, 0) is 4.79 Å². The van der Waals surface area contributed by atoms with Crippen LogP contribution in [0.3, 0.4) is 0 Å². The fourth-order valence-corrected chi connectivity index (χ4v) is 4.52. The predicted molar refractivity (Wildman–Crippen MR) is 140 cm³/mol. The highest BCUT2D eigenvalue weighted by molar-refractivity contribution is 7.99. The number of hydrogen-bond donors (Lipinski definition) is 2. The molecular formula is C26H25N5O5S. The topological polar surface area (TPSA) is 153 Å². The second kappa shape index (κ2) is 12.4. The van der Waals surface area contributed by atoms with Crippen molar-refractivity contribution in [3.8, 4) is 46.3 Å². The number of methoxy groups -OCH3 is 4. The fourth-order valence-electron chi connectivity index (χ4n) is 3.58. The molecular weight excluding hydrogens is 494 g/mol. The number of aromatic nitrogens is 1. The van der Waals surface area contributed by atoms with Gasteiger partial charge in [0.2, 0.25) is 11.7 Å². The van der Waals surface area contributed by atoms with E-state index in [1.807, 2.05) is 6.07 Å². The number of nitriles is 2. The van der Waals surface area contributed by atoms with Crippen LogP contribution >= 0.6 is 11.8 Å². The molecule has 10 nitrogen and oxygen atoms in total. The van der Waals surface area contributed by atoms with Crippen molar-refractivity contribution >= 4 is 29.2 Å². The van der Waals surface area contributed by atoms with Crippen LogP contribution < -0.4 is 30.0 Å². The number of nitrogens with one attached hydrogen (secondary N) is 1. The lowest BCUT2D eigenvalue weighted by Crippen LogP contribution is -2.12. The molecule has 1 amide bonds. The molecule has 3 rings (SSSR count). The van der Waals surface area contributed by atoms with Gasteiger partial charge in [-0.3, -0.25) is 4.79 Å². The standard InChI is InChI=1S/C26H25N5O5S/c1-33-17-7-5-6-16(12-17)30-22(32)8-9-37-26-19(14-28)23(18(13-27)25(29)31-26)15-10-20(34-2)24(36-4)21(11-15)35-3/h5-7,10-12H,8-9H2,1-4H3,(H2,29,31)(H,30,32). The number of pyridine rings is 1. The second-order valence-electron chi connectivity index (χ2n) is 7.44. The molecule has 0 radical (unpaired) electrons. The van der Waals surface area contributed by atoms with Crippen LogP contribution in [-0.4, -0.2) is 45.1 Å². The number of nitrogen functional groups attached to an aromatic ring is 1. The predicted octanol–water partition coefficient (Wildman–Crippen LogP) is 4.23. The third-order valence-corrected chi connectivity index (χ3v) is 6.27. The molecule has 0 unspecified atom stereocenters. The zero-order valence-corrected chi connectivity index (χ0v) is 21.6. The highest BCUT2D eigenvalue weighted by Gasteiger charge is 2.23. The first-order valence-electron chi connectivity index (χ1n) is 10.9. The van der Waals surface area contributed by atoms with E-state index in [0.717, 1.165) is 0 Å². The van der Waals surface area contributed by atoms with Crippen molar-refractivity contribution in [1.82, 2.24) is 4.98 Å². The van der Waals surface area contributed by atoms with Gasteiger partial charge in [-0.1, -0.05) is 6.07 Å². The van der Waals surface area contributed by atoms with Crippen molar-refractivity contribution in [2.45, 2.75) is 11.4 Å². The Morgan fingerprint density at radius 1 is 1.00 bits per heavy atom. The van der Waals surface area contributed by atoms with Crippen LogP contribution in [0.5, 0.6) is 23.0 Å². The van der Waals surface area contributed by atoms with Crippen LogP contribution in [0.25, 0.3) is 11.1 Å². The zero-order valence-electron chi connectivity index (χ0n) is 20.7. The number of carbonyl (C=O) groups excluding carboxylic acids is 1. The van der Waals surface area contributed by atoms with E-state index >= 15 is 0 Å². The average Bonchev–Trinajstić information content (AvgIpc) is 2.91. The Hall–Kier alpha value is -4.61. The maximum Gasteiger partial charge on any atom is 0.225 e. The van der Waals surface area contributed by atoms with E-state index in [4.69, 9.17) is 24.7 Å². The number of hydrogen-bond acceptors (Lipinski definition) is 10. The Bertz CT molecular complexity index is 1370. The lowest BCUT2D eigenvalue weighted by molar-refractivity contribution is -0.115. The third-order valence-electron chi connectivity index (χ3n) is 5.29. The molecule has 0 bridgehead atoms. The van der Waals surface area contributed by atoms with Crippen LogP contribution in [0.1, 0.15) is 17.5 Å². The summed E-state index contributed by atoms with van der Waals surface area (Å²) in [5.41, 5.74) is 7.68. The van der Waals surface area contributed by atoms with Gasteiger partial charge in [-0.2, -0.15) is 10.5 Å². The molecule has 2 aromatic carbocycles. The van der Waals surface area contributed by atoms with Gasteiger partial charge in [0.25, 0.3) is 0 Å². The molecule has 3 N–H and O–H groups in total. The van der Waals surface area contributed by atoms with Gasteiger partial charge in [-0.05, 0) is 29.8 Å². The van der Waals surface area contributed by atoms with Crippen LogP contribution in [0.2, 0.25) is 0 Å². The Labute approximate surface area is 218 Å². The van der Waals surface area contributed by atoms with Gasteiger partial charge in [0.1, 0.15) is 34.3 Å². The number of carbonyl (C=O) groups is 1. The third kappa shape index (κ3) is 5.97. The normalized spacial score (nSPS) is 10.1. The SMILES string of the molecule is COc1cccc(NC(=O)CCSc2nc(N)c(C#N)c(-c3cc(OC)c(OC)c(OC)c3)c2C#N)c1. The molecule has 1 heterocycles. The minimum absolute atomic E-state index is 0.0337. The first-order valence-corrected chi connectivity index (χ1v) is 11.9. The van der Waals surface area contributed by atoms with E-state index < -0.39 is 0 Å². The van der Waals surface area contributed by atoms with E-state index in [1.54, 1.807) is 43.5 Å². The Kier molecular flexibility index (Phi) is 9.03. The molecule has 0 saturated carbocycles. The highest BCUT2D eigenvalue weighted by atomic mass is 32.2. The number of rotatable bonds is 10. The molecule has 0 aliphatic carbocycles. The van der Waals surface area contributed by atoms with E-state index in [9.17, 15) is 15.3 Å². The summed E-state index contributed by atoms with van der Waals surface area (Å²) in [4.78, 5) is 16.7. The number of amides is 1. The highest BCUT2D eigenvalue weighted by Crippen LogP contribution is 2.44. The van der Waals surface area contributed by atoms with Crippen LogP contribution in [0.4, 0.5) is 11.5 Å². The van der Waals surface area contributed by atoms with Crippen molar-refractivity contribution in [2.24, 2.45) is 0 Å². The molecule has 0 aliphatic heterocycles. The van der Waals surface area contributed by atoms with Crippen molar-refractivity contribution in [3.05, 3.63) is 47.5 Å². The molecule has 190 valence electrons. The largest absolute Gasteiger partial charge is 0.497 e. The van der Waals surface area contributed by atoms with Gasteiger partial charge in [0.05, 0.1) is 34.0 Å². The number of nitrogens with two attached hydrogens (primary N) is 1. The summed E-state index contributed by atoms with van der Waals surface area (Å²) in [6, 6.07) is 14.5. The number of ether oxygens (including phenoxy) is 4. The number of anilines is 2. The van der Waals surface area contributed by atoms with E-state index in [0.29, 0.717) is 50.6 Å². The number of benzene rings is 2. The molecule has 0 spiro atoms. The summed E-state index contributed by atoms with van der Waals surface area (Å²) < 4.78 is 21.4. The first-order chi connectivity index (χ1) is 17.9. The van der Waals surface area contributed by atoms with E-state index in [2.05, 4.69) is 16.4 Å². The maximum absolute atomic E-state index is 12.5. The summed E-state index contributed by atoms with van der Waals surface area (Å²) in [6.07, 6.45) is 0.147. The van der Waals surface area contributed by atoms with Crippen molar-refractivity contribution in [2.75, 3.05) is 45.2 Å². The molecule has 0 saturated heterocycles. The Balaban J connectivity index is 1.92. The lowest BCUT2D eigenvalue weighted by atomic mass is 9.96.